The zero-order valence-electron chi connectivity index (χ0n) is 12.2. The van der Waals surface area contributed by atoms with E-state index in [0.717, 1.165) is 32.7 Å². The van der Waals surface area contributed by atoms with Crippen LogP contribution in [-0.4, -0.2) is 37.7 Å². The Balaban J connectivity index is 1.73. The topological polar surface area (TPSA) is 12.5 Å². The summed E-state index contributed by atoms with van der Waals surface area (Å²) in [6.07, 6.45) is 13.8. The summed E-state index contributed by atoms with van der Waals surface area (Å²) >= 11 is 0. The van der Waals surface area contributed by atoms with Gasteiger partial charge in [0.1, 0.15) is 0 Å². The third-order valence-electron chi connectivity index (χ3n) is 3.83. The van der Waals surface area contributed by atoms with Crippen molar-refractivity contribution in [1.29, 1.82) is 0 Å². The van der Waals surface area contributed by atoms with Crippen molar-refractivity contribution in [2.45, 2.75) is 64.2 Å². The Kier molecular flexibility index (Phi) is 10.6. The van der Waals surface area contributed by atoms with Crippen molar-refractivity contribution in [1.82, 2.24) is 4.90 Å². The number of hydrogen-bond acceptors (Lipinski definition) is 2. The first-order valence-electron chi connectivity index (χ1n) is 8.03. The standard InChI is InChI=1S/C16H32NO/c1-2-3-4-5-6-7-8-9-10-11-12-17-13-15-18-16-14-17/h1-16H2. The monoisotopic (exact) mass is 254 g/mol. The van der Waals surface area contributed by atoms with Crippen molar-refractivity contribution in [2.75, 3.05) is 32.8 Å². The Bertz CT molecular complexity index is 166. The van der Waals surface area contributed by atoms with Crippen LogP contribution in [0.25, 0.3) is 0 Å². The summed E-state index contributed by atoms with van der Waals surface area (Å²) in [5, 5.41) is 0. The van der Waals surface area contributed by atoms with E-state index in [-0.39, 0.29) is 0 Å². The van der Waals surface area contributed by atoms with Crippen molar-refractivity contribution in [3.63, 3.8) is 0 Å². The van der Waals surface area contributed by atoms with Gasteiger partial charge in [-0.15, -0.1) is 0 Å². The van der Waals surface area contributed by atoms with Crippen LogP contribution < -0.4 is 0 Å². The lowest BCUT2D eigenvalue weighted by atomic mass is 10.1. The van der Waals surface area contributed by atoms with Crippen molar-refractivity contribution < 1.29 is 4.74 Å². The van der Waals surface area contributed by atoms with E-state index in [1.807, 2.05) is 0 Å². The fourth-order valence-electron chi connectivity index (χ4n) is 2.57. The number of ether oxygens (including phenoxy) is 1. The summed E-state index contributed by atoms with van der Waals surface area (Å²) in [6.45, 7) is 9.33. The van der Waals surface area contributed by atoms with Crippen LogP contribution in [0, 0.1) is 6.92 Å². The number of rotatable bonds is 11. The van der Waals surface area contributed by atoms with E-state index in [0.29, 0.717) is 0 Å². The average Bonchev–Trinajstić information content (AvgIpc) is 2.42. The van der Waals surface area contributed by atoms with E-state index >= 15 is 0 Å². The van der Waals surface area contributed by atoms with Crippen molar-refractivity contribution in [3.05, 3.63) is 6.92 Å². The lowest BCUT2D eigenvalue weighted by Gasteiger charge is -2.26. The lowest BCUT2D eigenvalue weighted by Crippen LogP contribution is -2.36. The summed E-state index contributed by atoms with van der Waals surface area (Å²) in [7, 11) is 0. The Morgan fingerprint density at radius 3 is 1.78 bits per heavy atom. The van der Waals surface area contributed by atoms with Crippen LogP contribution in [0.2, 0.25) is 0 Å². The van der Waals surface area contributed by atoms with E-state index in [4.69, 9.17) is 4.74 Å². The zero-order valence-corrected chi connectivity index (χ0v) is 12.2. The third-order valence-corrected chi connectivity index (χ3v) is 3.83. The van der Waals surface area contributed by atoms with Gasteiger partial charge in [0.25, 0.3) is 0 Å². The molecule has 1 heterocycles. The van der Waals surface area contributed by atoms with Gasteiger partial charge in [0.05, 0.1) is 13.2 Å². The highest BCUT2D eigenvalue weighted by Crippen LogP contribution is 2.11. The second-order valence-electron chi connectivity index (χ2n) is 5.49. The van der Waals surface area contributed by atoms with E-state index in [2.05, 4.69) is 11.8 Å². The quantitative estimate of drug-likeness (QED) is 0.516. The highest BCUT2D eigenvalue weighted by atomic mass is 16.5. The largest absolute Gasteiger partial charge is 0.379 e. The lowest BCUT2D eigenvalue weighted by molar-refractivity contribution is 0.0371. The summed E-state index contributed by atoms with van der Waals surface area (Å²) < 4.78 is 5.35. The normalized spacial score (nSPS) is 17.2. The van der Waals surface area contributed by atoms with Crippen LogP contribution >= 0.6 is 0 Å². The summed E-state index contributed by atoms with van der Waals surface area (Å²) in [5.74, 6) is 0. The van der Waals surface area contributed by atoms with E-state index in [1.165, 1.54) is 64.3 Å². The van der Waals surface area contributed by atoms with E-state index in [1.54, 1.807) is 0 Å². The van der Waals surface area contributed by atoms with Gasteiger partial charge in [-0.1, -0.05) is 64.7 Å². The molecule has 0 aromatic rings. The van der Waals surface area contributed by atoms with Crippen LogP contribution in [0.1, 0.15) is 64.2 Å². The molecular weight excluding hydrogens is 222 g/mol. The number of hydrogen-bond donors (Lipinski definition) is 0. The molecule has 0 aromatic carbocycles. The minimum absolute atomic E-state index is 0.938. The Labute approximate surface area is 114 Å². The van der Waals surface area contributed by atoms with E-state index in [9.17, 15) is 0 Å². The van der Waals surface area contributed by atoms with Crippen molar-refractivity contribution in [3.8, 4) is 0 Å². The second-order valence-corrected chi connectivity index (χ2v) is 5.49. The molecule has 1 aliphatic heterocycles. The minimum Gasteiger partial charge on any atom is -0.379 e. The number of nitrogens with zero attached hydrogens (tertiary/aromatic N) is 1. The predicted octanol–water partition coefficient (Wildman–Crippen LogP) is 4.05. The molecule has 1 fully saturated rings. The molecule has 18 heavy (non-hydrogen) atoms. The van der Waals surface area contributed by atoms with Crippen LogP contribution in [-0.2, 0) is 4.74 Å². The van der Waals surface area contributed by atoms with Gasteiger partial charge in [0, 0.05) is 13.1 Å². The second kappa shape index (κ2) is 12.0. The molecule has 0 amide bonds. The molecule has 0 atom stereocenters. The fraction of sp³-hybridized carbons (Fsp3) is 0.938. The first-order valence-corrected chi connectivity index (χ1v) is 8.03. The molecule has 2 heteroatoms. The van der Waals surface area contributed by atoms with Gasteiger partial charge in [-0.25, -0.2) is 0 Å². The molecule has 0 spiro atoms. The van der Waals surface area contributed by atoms with Gasteiger partial charge in [-0.2, -0.15) is 0 Å². The molecule has 0 N–H and O–H groups in total. The first-order chi connectivity index (χ1) is 8.93. The predicted molar refractivity (Wildman–Crippen MR) is 78.8 cm³/mol. The number of unbranched alkanes of at least 4 members (excludes halogenated alkanes) is 9. The summed E-state index contributed by atoms with van der Waals surface area (Å²) in [6, 6.07) is 0. The average molecular weight is 254 g/mol. The highest BCUT2D eigenvalue weighted by molar-refractivity contribution is 4.61. The zero-order chi connectivity index (χ0) is 12.9. The van der Waals surface area contributed by atoms with Gasteiger partial charge in [0.15, 0.2) is 0 Å². The van der Waals surface area contributed by atoms with Crippen molar-refractivity contribution >= 4 is 0 Å². The van der Waals surface area contributed by atoms with Gasteiger partial charge >= 0.3 is 0 Å². The molecule has 0 aromatic heterocycles. The minimum atomic E-state index is 0.938. The van der Waals surface area contributed by atoms with Gasteiger partial charge in [-0.3, -0.25) is 4.90 Å². The van der Waals surface area contributed by atoms with Gasteiger partial charge in [-0.05, 0) is 13.0 Å². The van der Waals surface area contributed by atoms with Crippen LogP contribution in [0.4, 0.5) is 0 Å². The maximum Gasteiger partial charge on any atom is 0.0594 e. The summed E-state index contributed by atoms with van der Waals surface area (Å²) in [4.78, 5) is 2.54. The first kappa shape index (κ1) is 16.0. The molecule has 1 aliphatic rings. The molecule has 0 unspecified atom stereocenters. The Morgan fingerprint density at radius 2 is 1.22 bits per heavy atom. The Morgan fingerprint density at radius 1 is 0.722 bits per heavy atom. The Hall–Kier alpha value is -0.0800. The molecule has 0 saturated carbocycles. The molecule has 1 radical (unpaired) electrons. The molecule has 1 rings (SSSR count). The SMILES string of the molecule is [CH2]CCCCCCCCCCCN1CCOCC1. The fourth-order valence-corrected chi connectivity index (χ4v) is 2.57. The third kappa shape index (κ3) is 8.93. The van der Waals surface area contributed by atoms with Crippen LogP contribution in [0.15, 0.2) is 0 Å². The maximum absolute atomic E-state index is 5.35. The molecule has 1 saturated heterocycles. The van der Waals surface area contributed by atoms with E-state index < -0.39 is 0 Å². The molecule has 0 bridgehead atoms. The maximum atomic E-state index is 5.35. The van der Waals surface area contributed by atoms with Gasteiger partial charge in [0.2, 0.25) is 0 Å². The molecule has 2 nitrogen and oxygen atoms in total. The van der Waals surface area contributed by atoms with Crippen LogP contribution in [0.5, 0.6) is 0 Å². The number of morpholine rings is 1. The van der Waals surface area contributed by atoms with Crippen LogP contribution in [0.3, 0.4) is 0 Å². The highest BCUT2D eigenvalue weighted by Gasteiger charge is 2.08. The smallest absolute Gasteiger partial charge is 0.0594 e. The van der Waals surface area contributed by atoms with Gasteiger partial charge < -0.3 is 4.74 Å². The van der Waals surface area contributed by atoms with Crippen molar-refractivity contribution in [2.24, 2.45) is 0 Å². The molecule has 107 valence electrons. The molecular formula is C16H32NO. The molecule has 0 aliphatic carbocycles. The summed E-state index contributed by atoms with van der Waals surface area (Å²) in [5.41, 5.74) is 0.